The normalized spacial score (nSPS) is 12.2. The Kier molecular flexibility index (Phi) is 5.29. The van der Waals surface area contributed by atoms with E-state index in [0.29, 0.717) is 30.2 Å². The van der Waals surface area contributed by atoms with Gasteiger partial charge in [-0.2, -0.15) is 0 Å². The molecule has 0 aliphatic carbocycles. The second kappa shape index (κ2) is 6.50. The smallest absolute Gasteiger partial charge is 0.306 e. The highest BCUT2D eigenvalue weighted by atomic mass is 35.5. The Morgan fingerprint density at radius 2 is 2.24 bits per heavy atom. The summed E-state index contributed by atoms with van der Waals surface area (Å²) >= 11 is 6.04. The fraction of sp³-hybridized carbons (Fsp3) is 0.462. The maximum atomic E-state index is 10.7. The third-order valence-electron chi connectivity index (χ3n) is 2.58. The van der Waals surface area contributed by atoms with Gasteiger partial charge in [-0.25, -0.2) is 0 Å². The second-order valence-corrected chi connectivity index (χ2v) is 4.38. The van der Waals surface area contributed by atoms with E-state index < -0.39 is 5.97 Å². The molecule has 1 unspecified atom stereocenters. The first-order valence-corrected chi connectivity index (χ1v) is 6.06. The number of rotatable bonds is 6. The molecule has 1 N–H and O–H groups in total. The van der Waals surface area contributed by atoms with Crippen LogP contribution in [0.5, 0.6) is 5.75 Å². The van der Waals surface area contributed by atoms with E-state index in [9.17, 15) is 4.79 Å². The molecule has 0 bridgehead atoms. The highest BCUT2D eigenvalue weighted by Crippen LogP contribution is 2.26. The van der Waals surface area contributed by atoms with Crippen LogP contribution < -0.4 is 4.74 Å². The van der Waals surface area contributed by atoms with E-state index in [0.717, 1.165) is 5.56 Å². The van der Waals surface area contributed by atoms with E-state index in [2.05, 4.69) is 0 Å². The van der Waals surface area contributed by atoms with Gasteiger partial charge in [0.25, 0.3) is 0 Å². The number of aliphatic carboxylic acids is 1. The zero-order valence-corrected chi connectivity index (χ0v) is 10.8. The van der Waals surface area contributed by atoms with E-state index in [1.807, 2.05) is 25.1 Å². The van der Waals surface area contributed by atoms with Crippen molar-refractivity contribution in [2.75, 3.05) is 6.61 Å². The van der Waals surface area contributed by atoms with Crippen molar-refractivity contribution in [2.24, 2.45) is 5.92 Å². The maximum absolute atomic E-state index is 10.7. The molecule has 0 heterocycles. The lowest BCUT2D eigenvalue weighted by Gasteiger charge is -2.09. The molecule has 0 saturated carbocycles. The van der Waals surface area contributed by atoms with Crippen LogP contribution in [0.25, 0.3) is 0 Å². The van der Waals surface area contributed by atoms with Crippen LogP contribution in [-0.2, 0) is 11.2 Å². The number of carboxylic acids is 1. The lowest BCUT2D eigenvalue weighted by Crippen LogP contribution is -2.10. The third-order valence-corrected chi connectivity index (χ3v) is 2.88. The number of aryl methyl sites for hydroxylation is 1. The standard InChI is InChI=1S/C13H17ClO3/c1-3-17-12-7-6-10(8-11(12)14)5-4-9(2)13(15)16/h6-9H,3-5H2,1-2H3,(H,15,16). The molecule has 1 rings (SSSR count). The third kappa shape index (κ3) is 4.27. The molecule has 1 aromatic rings. The lowest BCUT2D eigenvalue weighted by molar-refractivity contribution is -0.141. The van der Waals surface area contributed by atoms with Gasteiger partial charge in [0.1, 0.15) is 5.75 Å². The predicted molar refractivity (Wildman–Crippen MR) is 67.7 cm³/mol. The maximum Gasteiger partial charge on any atom is 0.306 e. The Labute approximate surface area is 106 Å². The summed E-state index contributed by atoms with van der Waals surface area (Å²) < 4.78 is 5.33. The summed E-state index contributed by atoms with van der Waals surface area (Å²) in [6, 6.07) is 5.58. The number of halogens is 1. The molecule has 94 valence electrons. The molecule has 4 heteroatoms. The van der Waals surface area contributed by atoms with Gasteiger partial charge >= 0.3 is 5.97 Å². The SMILES string of the molecule is CCOc1ccc(CCC(C)C(=O)O)cc1Cl. The topological polar surface area (TPSA) is 46.5 Å². The molecule has 0 spiro atoms. The van der Waals surface area contributed by atoms with E-state index in [4.69, 9.17) is 21.4 Å². The van der Waals surface area contributed by atoms with E-state index >= 15 is 0 Å². The van der Waals surface area contributed by atoms with Crippen LogP contribution in [0, 0.1) is 5.92 Å². The van der Waals surface area contributed by atoms with Crippen LogP contribution in [0.15, 0.2) is 18.2 Å². The van der Waals surface area contributed by atoms with E-state index in [1.165, 1.54) is 0 Å². The number of carboxylic acid groups (broad SMARTS) is 1. The van der Waals surface area contributed by atoms with Crippen molar-refractivity contribution >= 4 is 17.6 Å². The summed E-state index contributed by atoms with van der Waals surface area (Å²) in [6.07, 6.45) is 1.32. The second-order valence-electron chi connectivity index (χ2n) is 3.98. The van der Waals surface area contributed by atoms with Crippen LogP contribution in [-0.4, -0.2) is 17.7 Å². The molecule has 0 aromatic heterocycles. The Hall–Kier alpha value is -1.22. The van der Waals surface area contributed by atoms with Crippen molar-refractivity contribution in [1.82, 2.24) is 0 Å². The van der Waals surface area contributed by atoms with Gasteiger partial charge in [-0.15, -0.1) is 0 Å². The van der Waals surface area contributed by atoms with Crippen molar-refractivity contribution in [3.8, 4) is 5.75 Å². The molecular formula is C13H17ClO3. The number of ether oxygens (including phenoxy) is 1. The molecular weight excluding hydrogens is 240 g/mol. The molecule has 0 aliphatic rings. The first kappa shape index (κ1) is 13.8. The Balaban J connectivity index is 2.61. The van der Waals surface area contributed by atoms with Gasteiger partial charge in [-0.1, -0.05) is 24.6 Å². The van der Waals surface area contributed by atoms with Gasteiger partial charge in [0.15, 0.2) is 0 Å². The van der Waals surface area contributed by atoms with Crippen LogP contribution in [0.3, 0.4) is 0 Å². The monoisotopic (exact) mass is 256 g/mol. The molecule has 1 aromatic carbocycles. The van der Waals surface area contributed by atoms with Crippen molar-refractivity contribution in [2.45, 2.75) is 26.7 Å². The molecule has 0 radical (unpaired) electrons. The molecule has 17 heavy (non-hydrogen) atoms. The minimum Gasteiger partial charge on any atom is -0.492 e. The first-order valence-electron chi connectivity index (χ1n) is 5.68. The molecule has 0 amide bonds. The van der Waals surface area contributed by atoms with Crippen LogP contribution in [0.1, 0.15) is 25.8 Å². The molecule has 0 saturated heterocycles. The van der Waals surface area contributed by atoms with Crippen LogP contribution >= 0.6 is 11.6 Å². The Morgan fingerprint density at radius 1 is 1.53 bits per heavy atom. The summed E-state index contributed by atoms with van der Waals surface area (Å²) in [7, 11) is 0. The predicted octanol–water partition coefficient (Wildman–Crippen LogP) is 3.39. The van der Waals surface area contributed by atoms with E-state index in [-0.39, 0.29) is 5.92 Å². The van der Waals surface area contributed by atoms with Crippen LogP contribution in [0.4, 0.5) is 0 Å². The van der Waals surface area contributed by atoms with Crippen molar-refractivity contribution in [3.63, 3.8) is 0 Å². The number of benzene rings is 1. The molecule has 3 nitrogen and oxygen atoms in total. The van der Waals surface area contributed by atoms with Crippen molar-refractivity contribution < 1.29 is 14.6 Å². The summed E-state index contributed by atoms with van der Waals surface area (Å²) in [6.45, 7) is 4.19. The van der Waals surface area contributed by atoms with Gasteiger partial charge in [-0.3, -0.25) is 4.79 Å². The average Bonchev–Trinajstić information content (AvgIpc) is 2.29. The number of carbonyl (C=O) groups is 1. The Morgan fingerprint density at radius 3 is 2.76 bits per heavy atom. The summed E-state index contributed by atoms with van der Waals surface area (Å²) in [5, 5.41) is 9.36. The van der Waals surface area contributed by atoms with Crippen molar-refractivity contribution in [1.29, 1.82) is 0 Å². The fourth-order valence-electron chi connectivity index (χ4n) is 1.48. The quantitative estimate of drug-likeness (QED) is 0.849. The zero-order valence-electron chi connectivity index (χ0n) is 10.1. The molecule has 1 atom stereocenters. The largest absolute Gasteiger partial charge is 0.492 e. The fourth-order valence-corrected chi connectivity index (χ4v) is 1.74. The van der Waals surface area contributed by atoms with Gasteiger partial charge in [-0.05, 0) is 37.5 Å². The van der Waals surface area contributed by atoms with Gasteiger partial charge in [0.2, 0.25) is 0 Å². The van der Waals surface area contributed by atoms with Gasteiger partial charge < -0.3 is 9.84 Å². The highest BCUT2D eigenvalue weighted by Gasteiger charge is 2.11. The zero-order chi connectivity index (χ0) is 12.8. The first-order chi connectivity index (χ1) is 8.04. The molecule has 0 fully saturated rings. The average molecular weight is 257 g/mol. The Bertz CT molecular complexity index is 390. The van der Waals surface area contributed by atoms with Gasteiger partial charge in [0.05, 0.1) is 17.5 Å². The van der Waals surface area contributed by atoms with Gasteiger partial charge in [0, 0.05) is 0 Å². The van der Waals surface area contributed by atoms with E-state index in [1.54, 1.807) is 6.92 Å². The number of hydrogen-bond acceptors (Lipinski definition) is 2. The highest BCUT2D eigenvalue weighted by molar-refractivity contribution is 6.32. The minimum atomic E-state index is -0.762. The van der Waals surface area contributed by atoms with Crippen molar-refractivity contribution in [3.05, 3.63) is 28.8 Å². The molecule has 0 aliphatic heterocycles. The lowest BCUT2D eigenvalue weighted by atomic mass is 10.0. The minimum absolute atomic E-state index is 0.333. The number of hydrogen-bond donors (Lipinski definition) is 1. The summed E-state index contributed by atoms with van der Waals surface area (Å²) in [4.78, 5) is 10.7. The van der Waals surface area contributed by atoms with Crippen LogP contribution in [0.2, 0.25) is 5.02 Å². The summed E-state index contributed by atoms with van der Waals surface area (Å²) in [5.74, 6) is -0.424. The summed E-state index contributed by atoms with van der Waals surface area (Å²) in [5.41, 5.74) is 1.03.